The van der Waals surface area contributed by atoms with Crippen molar-refractivity contribution < 1.29 is 9.18 Å². The van der Waals surface area contributed by atoms with Crippen LogP contribution in [0.15, 0.2) is 24.5 Å². The molecule has 0 bridgehead atoms. The van der Waals surface area contributed by atoms with Crippen molar-refractivity contribution in [1.29, 1.82) is 0 Å². The number of aromatic amines is 1. The second kappa shape index (κ2) is 5.73. The van der Waals surface area contributed by atoms with E-state index < -0.39 is 11.7 Å². The van der Waals surface area contributed by atoms with Gasteiger partial charge in [-0.05, 0) is 31.0 Å². The summed E-state index contributed by atoms with van der Waals surface area (Å²) in [6.07, 6.45) is 3.92. The van der Waals surface area contributed by atoms with E-state index in [1.54, 1.807) is 19.3 Å². The lowest BCUT2D eigenvalue weighted by Crippen LogP contribution is -2.29. The Balaban J connectivity index is 2.24. The summed E-state index contributed by atoms with van der Waals surface area (Å²) >= 11 is 0. The molecule has 106 valence electrons. The van der Waals surface area contributed by atoms with Gasteiger partial charge in [-0.2, -0.15) is 0 Å². The Bertz CT molecular complexity index is 610. The molecule has 1 heterocycles. The molecule has 6 heteroatoms. The number of nitrogen functional groups attached to an aromatic ring is 1. The molecule has 2 aromatic rings. The van der Waals surface area contributed by atoms with E-state index >= 15 is 0 Å². The van der Waals surface area contributed by atoms with Gasteiger partial charge in [0.2, 0.25) is 0 Å². The molecule has 0 fully saturated rings. The standard InChI is InChI=1S/C14H17FN4O/c1-3-11(13-17-4-5-18-13)19-14(20)10-7-9(16)6-8(2)12(10)15/h4-7,11H,3,16H2,1-2H3,(H,17,18)(H,19,20). The number of halogens is 1. The van der Waals surface area contributed by atoms with Gasteiger partial charge in [0.1, 0.15) is 11.6 Å². The summed E-state index contributed by atoms with van der Waals surface area (Å²) in [6.45, 7) is 3.49. The Morgan fingerprint density at radius 1 is 1.55 bits per heavy atom. The fourth-order valence-electron chi connectivity index (χ4n) is 2.03. The van der Waals surface area contributed by atoms with Crippen LogP contribution in [0.2, 0.25) is 0 Å². The summed E-state index contributed by atoms with van der Waals surface area (Å²) in [5, 5.41) is 2.75. The van der Waals surface area contributed by atoms with E-state index in [1.165, 1.54) is 12.1 Å². The number of carbonyl (C=O) groups is 1. The first-order valence-electron chi connectivity index (χ1n) is 6.38. The number of hydrogen-bond acceptors (Lipinski definition) is 3. The van der Waals surface area contributed by atoms with Crippen molar-refractivity contribution in [2.24, 2.45) is 0 Å². The molecule has 0 spiro atoms. The largest absolute Gasteiger partial charge is 0.399 e. The van der Waals surface area contributed by atoms with Crippen LogP contribution in [0.3, 0.4) is 0 Å². The Hall–Kier alpha value is -2.37. The minimum atomic E-state index is -0.550. The van der Waals surface area contributed by atoms with Crippen molar-refractivity contribution in [3.63, 3.8) is 0 Å². The first-order chi connectivity index (χ1) is 9.52. The molecule has 20 heavy (non-hydrogen) atoms. The zero-order valence-corrected chi connectivity index (χ0v) is 11.4. The van der Waals surface area contributed by atoms with Crippen LogP contribution >= 0.6 is 0 Å². The predicted molar refractivity (Wildman–Crippen MR) is 74.6 cm³/mol. The number of hydrogen-bond donors (Lipinski definition) is 3. The Kier molecular flexibility index (Phi) is 4.02. The van der Waals surface area contributed by atoms with E-state index in [4.69, 9.17) is 5.73 Å². The quantitative estimate of drug-likeness (QED) is 0.749. The van der Waals surface area contributed by atoms with Gasteiger partial charge in [-0.1, -0.05) is 6.92 Å². The van der Waals surface area contributed by atoms with Gasteiger partial charge in [0.05, 0.1) is 11.6 Å². The molecule has 1 atom stereocenters. The van der Waals surface area contributed by atoms with Gasteiger partial charge in [-0.3, -0.25) is 4.79 Å². The predicted octanol–water partition coefficient (Wildman–Crippen LogP) is 2.32. The number of aromatic nitrogens is 2. The van der Waals surface area contributed by atoms with Gasteiger partial charge in [0.15, 0.2) is 0 Å². The molecule has 1 aromatic heterocycles. The Labute approximate surface area is 116 Å². The van der Waals surface area contributed by atoms with E-state index in [-0.39, 0.29) is 11.6 Å². The fourth-order valence-corrected chi connectivity index (χ4v) is 2.03. The van der Waals surface area contributed by atoms with Crippen LogP contribution in [-0.4, -0.2) is 15.9 Å². The second-order valence-electron chi connectivity index (χ2n) is 4.61. The van der Waals surface area contributed by atoms with Gasteiger partial charge in [-0.15, -0.1) is 0 Å². The van der Waals surface area contributed by atoms with Gasteiger partial charge in [-0.25, -0.2) is 9.37 Å². The number of anilines is 1. The number of aryl methyl sites for hydroxylation is 1. The smallest absolute Gasteiger partial charge is 0.254 e. The van der Waals surface area contributed by atoms with Crippen LogP contribution in [-0.2, 0) is 0 Å². The van der Waals surface area contributed by atoms with E-state index in [0.717, 1.165) is 0 Å². The minimum absolute atomic E-state index is 0.0486. The highest BCUT2D eigenvalue weighted by Gasteiger charge is 2.19. The van der Waals surface area contributed by atoms with E-state index in [9.17, 15) is 9.18 Å². The lowest BCUT2D eigenvalue weighted by molar-refractivity contribution is 0.0929. The van der Waals surface area contributed by atoms with Crippen molar-refractivity contribution in [3.8, 4) is 0 Å². The highest BCUT2D eigenvalue weighted by molar-refractivity contribution is 5.95. The first-order valence-corrected chi connectivity index (χ1v) is 6.38. The number of imidazole rings is 1. The number of carbonyl (C=O) groups excluding carboxylic acids is 1. The average molecular weight is 276 g/mol. The molecule has 1 unspecified atom stereocenters. The van der Waals surface area contributed by atoms with E-state index in [2.05, 4.69) is 15.3 Å². The van der Waals surface area contributed by atoms with E-state index in [0.29, 0.717) is 23.5 Å². The highest BCUT2D eigenvalue weighted by Crippen LogP contribution is 2.19. The summed E-state index contributed by atoms with van der Waals surface area (Å²) in [5.41, 5.74) is 6.32. The number of nitrogens with one attached hydrogen (secondary N) is 2. The molecule has 4 N–H and O–H groups in total. The normalized spacial score (nSPS) is 12.2. The number of H-pyrrole nitrogens is 1. The molecule has 0 saturated carbocycles. The molecule has 0 radical (unpaired) electrons. The number of rotatable bonds is 4. The van der Waals surface area contributed by atoms with Gasteiger partial charge in [0, 0.05) is 18.1 Å². The molecule has 0 aliphatic heterocycles. The topological polar surface area (TPSA) is 83.8 Å². The molecule has 0 aliphatic carbocycles. The third-order valence-electron chi connectivity index (χ3n) is 3.08. The molecule has 0 aliphatic rings. The Morgan fingerprint density at radius 2 is 2.30 bits per heavy atom. The summed E-state index contributed by atoms with van der Waals surface area (Å²) in [7, 11) is 0. The molecule has 2 rings (SSSR count). The summed E-state index contributed by atoms with van der Waals surface area (Å²) in [5.74, 6) is -0.408. The average Bonchev–Trinajstić information content (AvgIpc) is 2.93. The first kappa shape index (κ1) is 14.0. The molecular weight excluding hydrogens is 259 g/mol. The third kappa shape index (κ3) is 2.79. The summed E-state index contributed by atoms with van der Waals surface area (Å²) < 4.78 is 14.0. The van der Waals surface area contributed by atoms with Crippen LogP contribution in [0.25, 0.3) is 0 Å². The minimum Gasteiger partial charge on any atom is -0.399 e. The van der Waals surface area contributed by atoms with Crippen molar-refractivity contribution in [1.82, 2.24) is 15.3 Å². The van der Waals surface area contributed by atoms with Crippen molar-refractivity contribution in [2.75, 3.05) is 5.73 Å². The zero-order chi connectivity index (χ0) is 14.7. The number of nitrogens with zero attached hydrogens (tertiary/aromatic N) is 1. The second-order valence-corrected chi connectivity index (χ2v) is 4.61. The molecule has 5 nitrogen and oxygen atoms in total. The monoisotopic (exact) mass is 276 g/mol. The maximum atomic E-state index is 14.0. The van der Waals surface area contributed by atoms with Gasteiger partial charge in [0.25, 0.3) is 5.91 Å². The molecule has 0 saturated heterocycles. The van der Waals surface area contributed by atoms with Gasteiger partial charge >= 0.3 is 0 Å². The van der Waals surface area contributed by atoms with Crippen LogP contribution < -0.4 is 11.1 Å². The zero-order valence-electron chi connectivity index (χ0n) is 11.4. The number of nitrogens with two attached hydrogens (primary N) is 1. The molecule has 1 amide bonds. The van der Waals surface area contributed by atoms with Crippen molar-refractivity contribution >= 4 is 11.6 Å². The lowest BCUT2D eigenvalue weighted by Gasteiger charge is -2.15. The van der Waals surface area contributed by atoms with Crippen molar-refractivity contribution in [2.45, 2.75) is 26.3 Å². The van der Waals surface area contributed by atoms with Gasteiger partial charge < -0.3 is 16.0 Å². The van der Waals surface area contributed by atoms with Crippen LogP contribution in [0.4, 0.5) is 10.1 Å². The molecule has 1 aromatic carbocycles. The van der Waals surface area contributed by atoms with E-state index in [1.807, 2.05) is 6.92 Å². The maximum Gasteiger partial charge on any atom is 0.254 e. The third-order valence-corrected chi connectivity index (χ3v) is 3.08. The maximum absolute atomic E-state index is 14.0. The van der Waals surface area contributed by atoms with Crippen LogP contribution in [0, 0.1) is 12.7 Å². The van der Waals surface area contributed by atoms with Crippen LogP contribution in [0.1, 0.15) is 41.1 Å². The van der Waals surface area contributed by atoms with Crippen molar-refractivity contribution in [3.05, 3.63) is 47.3 Å². The fraction of sp³-hybridized carbons (Fsp3) is 0.286. The molecular formula is C14H17FN4O. The summed E-state index contributed by atoms with van der Waals surface area (Å²) in [6, 6.07) is 2.54. The number of amides is 1. The number of benzene rings is 1. The Morgan fingerprint density at radius 3 is 2.90 bits per heavy atom. The lowest BCUT2D eigenvalue weighted by atomic mass is 10.1. The highest BCUT2D eigenvalue weighted by atomic mass is 19.1. The SMILES string of the molecule is CCC(NC(=O)c1cc(N)cc(C)c1F)c1ncc[nH]1. The summed E-state index contributed by atoms with van der Waals surface area (Å²) in [4.78, 5) is 19.2. The van der Waals surface area contributed by atoms with Crippen LogP contribution in [0.5, 0.6) is 0 Å².